The normalized spacial score (nSPS) is 16.4. The summed E-state index contributed by atoms with van der Waals surface area (Å²) in [6.07, 6.45) is 8.36. The van der Waals surface area contributed by atoms with E-state index in [9.17, 15) is 4.39 Å². The van der Waals surface area contributed by atoms with Gasteiger partial charge in [-0.1, -0.05) is 12.1 Å². The molecule has 7 nitrogen and oxygen atoms in total. The Morgan fingerprint density at radius 2 is 1.97 bits per heavy atom. The smallest absolute Gasteiger partial charge is 0.225 e. The number of hydrogen-bond acceptors (Lipinski definition) is 7. The average Bonchev–Trinajstić information content (AvgIpc) is 3.26. The van der Waals surface area contributed by atoms with Crippen LogP contribution in [0, 0.1) is 5.82 Å². The largest absolute Gasteiger partial charge is 0.384 e. The molecule has 4 rings (SSSR count). The van der Waals surface area contributed by atoms with E-state index in [2.05, 4.69) is 19.9 Å². The highest BCUT2D eigenvalue weighted by Gasteiger charge is 2.30. The maximum atomic E-state index is 14.0. The molecule has 2 aromatic heterocycles. The van der Waals surface area contributed by atoms with Gasteiger partial charge in [0.2, 0.25) is 5.95 Å². The van der Waals surface area contributed by atoms with Crippen molar-refractivity contribution in [3.63, 3.8) is 0 Å². The first-order valence-corrected chi connectivity index (χ1v) is 10.9. The molecular formula is C24H29FN6O. The monoisotopic (exact) mass is 436 g/mol. The van der Waals surface area contributed by atoms with Gasteiger partial charge in [-0.25, -0.2) is 24.3 Å². The fourth-order valence-corrected chi connectivity index (χ4v) is 4.08. The van der Waals surface area contributed by atoms with Crippen molar-refractivity contribution in [2.45, 2.75) is 31.8 Å². The summed E-state index contributed by atoms with van der Waals surface area (Å²) in [7, 11) is 5.53. The summed E-state index contributed by atoms with van der Waals surface area (Å²) in [5.41, 5.74) is 3.66. The molecule has 32 heavy (non-hydrogen) atoms. The Morgan fingerprint density at radius 1 is 1.16 bits per heavy atom. The molecule has 168 valence electrons. The molecule has 0 amide bonds. The number of rotatable bonds is 8. The highest BCUT2D eigenvalue weighted by molar-refractivity contribution is 5.66. The number of hydrogen-bond donors (Lipinski definition) is 0. The quantitative estimate of drug-likeness (QED) is 0.534. The third kappa shape index (κ3) is 5.08. The SMILES string of the molecule is COCCc1ncc(CN2CCCC2c2nc(N(C)C)ncc2-c2cccc(F)c2)cn1. The van der Waals surface area contributed by atoms with E-state index in [-0.39, 0.29) is 11.9 Å². The van der Waals surface area contributed by atoms with E-state index in [4.69, 9.17) is 9.72 Å². The number of halogens is 1. The molecule has 1 fully saturated rings. The summed E-state index contributed by atoms with van der Waals surface area (Å²) >= 11 is 0. The van der Waals surface area contributed by atoms with Crippen LogP contribution in [0.4, 0.5) is 10.3 Å². The van der Waals surface area contributed by atoms with E-state index in [0.717, 1.165) is 54.1 Å². The van der Waals surface area contributed by atoms with Gasteiger partial charge in [-0.2, -0.15) is 0 Å². The van der Waals surface area contributed by atoms with E-state index in [1.54, 1.807) is 19.2 Å². The van der Waals surface area contributed by atoms with Crippen LogP contribution in [0.25, 0.3) is 11.1 Å². The fraction of sp³-hybridized carbons (Fsp3) is 0.417. The van der Waals surface area contributed by atoms with Crippen molar-refractivity contribution in [2.24, 2.45) is 0 Å². The minimum absolute atomic E-state index is 0.114. The van der Waals surface area contributed by atoms with Crippen molar-refractivity contribution >= 4 is 5.95 Å². The van der Waals surface area contributed by atoms with Crippen molar-refractivity contribution < 1.29 is 9.13 Å². The van der Waals surface area contributed by atoms with Crippen LogP contribution in [0.2, 0.25) is 0 Å². The molecule has 0 bridgehead atoms. The van der Waals surface area contributed by atoms with Crippen molar-refractivity contribution in [3.8, 4) is 11.1 Å². The maximum absolute atomic E-state index is 14.0. The summed E-state index contributed by atoms with van der Waals surface area (Å²) in [5, 5.41) is 0. The second-order valence-electron chi connectivity index (χ2n) is 8.25. The van der Waals surface area contributed by atoms with Crippen LogP contribution in [-0.4, -0.2) is 59.2 Å². The number of anilines is 1. The van der Waals surface area contributed by atoms with Crippen molar-refractivity contribution in [1.82, 2.24) is 24.8 Å². The molecule has 1 aliphatic rings. The Labute approximate surface area is 188 Å². The first-order chi connectivity index (χ1) is 15.5. The van der Waals surface area contributed by atoms with Crippen molar-refractivity contribution in [3.05, 3.63) is 65.8 Å². The van der Waals surface area contributed by atoms with E-state index < -0.39 is 0 Å². The van der Waals surface area contributed by atoms with Gasteiger partial charge in [0.25, 0.3) is 0 Å². The first-order valence-electron chi connectivity index (χ1n) is 10.9. The standard InChI is InChI=1S/C24H29FN6O/c1-30(2)24-28-15-20(18-6-4-7-19(25)12-18)23(29-24)21-8-5-10-31(21)16-17-13-26-22(27-14-17)9-11-32-3/h4,6-7,12-15,21H,5,8-11,16H2,1-3H3. The summed E-state index contributed by atoms with van der Waals surface area (Å²) in [6, 6.07) is 6.75. The Kier molecular flexibility index (Phi) is 7.02. The van der Waals surface area contributed by atoms with Crippen LogP contribution < -0.4 is 4.90 Å². The summed E-state index contributed by atoms with van der Waals surface area (Å²) in [4.78, 5) is 22.7. The number of aromatic nitrogens is 4. The average molecular weight is 437 g/mol. The number of likely N-dealkylation sites (tertiary alicyclic amines) is 1. The highest BCUT2D eigenvalue weighted by Crippen LogP contribution is 2.38. The molecule has 3 heterocycles. The Hall–Kier alpha value is -2.97. The lowest BCUT2D eigenvalue weighted by Gasteiger charge is -2.26. The van der Waals surface area contributed by atoms with Gasteiger partial charge in [0.05, 0.1) is 18.3 Å². The molecule has 0 aliphatic carbocycles. The first kappa shape index (κ1) is 22.2. The lowest BCUT2D eigenvalue weighted by molar-refractivity contribution is 0.200. The number of benzene rings is 1. The Bertz CT molecular complexity index is 1040. The molecule has 0 radical (unpaired) electrons. The predicted octanol–water partition coefficient (Wildman–Crippen LogP) is 3.66. The molecule has 1 unspecified atom stereocenters. The number of ether oxygens (including phenoxy) is 1. The predicted molar refractivity (Wildman–Crippen MR) is 122 cm³/mol. The van der Waals surface area contributed by atoms with E-state index in [0.29, 0.717) is 19.0 Å². The van der Waals surface area contributed by atoms with E-state index in [1.165, 1.54) is 6.07 Å². The maximum Gasteiger partial charge on any atom is 0.225 e. The molecule has 0 N–H and O–H groups in total. The Morgan fingerprint density at radius 3 is 2.69 bits per heavy atom. The molecule has 8 heteroatoms. The molecular weight excluding hydrogens is 407 g/mol. The minimum Gasteiger partial charge on any atom is -0.384 e. The van der Waals surface area contributed by atoms with Gasteiger partial charge < -0.3 is 9.64 Å². The molecule has 1 atom stereocenters. The molecule has 0 spiro atoms. The van der Waals surface area contributed by atoms with Crippen LogP contribution in [0.1, 0.15) is 36.0 Å². The highest BCUT2D eigenvalue weighted by atomic mass is 19.1. The molecule has 1 saturated heterocycles. The van der Waals surface area contributed by atoms with Crippen LogP contribution in [0.5, 0.6) is 0 Å². The zero-order chi connectivity index (χ0) is 22.5. The van der Waals surface area contributed by atoms with Crippen molar-refractivity contribution in [1.29, 1.82) is 0 Å². The minimum atomic E-state index is -0.265. The lowest BCUT2D eigenvalue weighted by atomic mass is 9.99. The topological polar surface area (TPSA) is 67.3 Å². The summed E-state index contributed by atoms with van der Waals surface area (Å²) in [6.45, 7) is 2.30. The van der Waals surface area contributed by atoms with Gasteiger partial charge in [0.15, 0.2) is 0 Å². The van der Waals surface area contributed by atoms with Gasteiger partial charge in [0, 0.05) is 63.9 Å². The number of methoxy groups -OCH3 is 1. The lowest BCUT2D eigenvalue weighted by Crippen LogP contribution is -2.25. The summed E-state index contributed by atoms with van der Waals surface area (Å²) in [5.74, 6) is 1.17. The molecule has 1 aliphatic heterocycles. The second kappa shape index (κ2) is 10.1. The van der Waals surface area contributed by atoms with Gasteiger partial charge in [-0.3, -0.25) is 4.90 Å². The zero-order valence-corrected chi connectivity index (χ0v) is 18.8. The van der Waals surface area contributed by atoms with Crippen LogP contribution in [0.3, 0.4) is 0 Å². The third-order valence-electron chi connectivity index (χ3n) is 5.69. The van der Waals surface area contributed by atoms with Crippen LogP contribution in [-0.2, 0) is 17.7 Å². The van der Waals surface area contributed by atoms with Crippen LogP contribution in [0.15, 0.2) is 42.9 Å². The Balaban J connectivity index is 1.63. The fourth-order valence-electron chi connectivity index (χ4n) is 4.08. The van der Waals surface area contributed by atoms with Gasteiger partial charge >= 0.3 is 0 Å². The zero-order valence-electron chi connectivity index (χ0n) is 18.8. The third-order valence-corrected chi connectivity index (χ3v) is 5.69. The van der Waals surface area contributed by atoms with Gasteiger partial charge in [-0.15, -0.1) is 0 Å². The number of nitrogens with zero attached hydrogens (tertiary/aromatic N) is 6. The molecule has 3 aromatic rings. The van der Waals surface area contributed by atoms with Crippen molar-refractivity contribution in [2.75, 3.05) is 39.3 Å². The molecule has 1 aromatic carbocycles. The van der Waals surface area contributed by atoms with Gasteiger partial charge in [-0.05, 0) is 37.1 Å². The van der Waals surface area contributed by atoms with E-state index in [1.807, 2.05) is 43.7 Å². The molecule has 0 saturated carbocycles. The second-order valence-corrected chi connectivity index (χ2v) is 8.25. The summed E-state index contributed by atoms with van der Waals surface area (Å²) < 4.78 is 19.1. The van der Waals surface area contributed by atoms with Gasteiger partial charge in [0.1, 0.15) is 11.6 Å². The van der Waals surface area contributed by atoms with E-state index >= 15 is 0 Å². The van der Waals surface area contributed by atoms with Crippen LogP contribution >= 0.6 is 0 Å².